The van der Waals surface area contributed by atoms with Gasteiger partial charge in [0.15, 0.2) is 0 Å². The van der Waals surface area contributed by atoms with E-state index >= 15 is 0 Å². The third kappa shape index (κ3) is 1.80. The number of benzene rings is 1. The lowest BCUT2D eigenvalue weighted by Crippen LogP contribution is -2.22. The number of rotatable bonds is 1. The molecule has 0 fully saturated rings. The minimum Gasteiger partial charge on any atom is -0.507 e. The predicted molar refractivity (Wildman–Crippen MR) is 50.9 cm³/mol. The van der Waals surface area contributed by atoms with Gasteiger partial charge in [0.2, 0.25) is 0 Å². The Morgan fingerprint density at radius 1 is 1.38 bits per heavy atom. The van der Waals surface area contributed by atoms with Crippen LogP contribution in [0.15, 0.2) is 18.2 Å². The zero-order valence-electron chi connectivity index (χ0n) is 8.03. The average molecular weight is 179 g/mol. The predicted octanol–water partition coefficient (Wildman–Crippen LogP) is 1.40. The molecule has 0 radical (unpaired) electrons. The molecule has 1 N–H and O–H groups in total. The lowest BCUT2D eigenvalue weighted by atomic mass is 10.1. The molecule has 70 valence electrons. The van der Waals surface area contributed by atoms with Crippen LogP contribution in [0.4, 0.5) is 0 Å². The highest BCUT2D eigenvalue weighted by Crippen LogP contribution is 2.21. The summed E-state index contributed by atoms with van der Waals surface area (Å²) >= 11 is 0. The van der Waals surface area contributed by atoms with Crippen LogP contribution in [0.2, 0.25) is 0 Å². The van der Waals surface area contributed by atoms with Crippen LogP contribution in [0.1, 0.15) is 15.9 Å². The molecule has 0 aliphatic carbocycles. The van der Waals surface area contributed by atoms with E-state index in [1.807, 2.05) is 0 Å². The lowest BCUT2D eigenvalue weighted by Gasteiger charge is -2.13. The number of phenolic OH excluding ortho intramolecular Hbond substituents is 1. The quantitative estimate of drug-likeness (QED) is 0.708. The van der Waals surface area contributed by atoms with Gasteiger partial charge in [-0.15, -0.1) is 0 Å². The second-order valence-corrected chi connectivity index (χ2v) is 3.17. The van der Waals surface area contributed by atoms with Gasteiger partial charge in [-0.3, -0.25) is 4.79 Å². The number of hydrogen-bond acceptors (Lipinski definition) is 2. The number of hydrogen-bond donors (Lipinski definition) is 1. The second-order valence-electron chi connectivity index (χ2n) is 3.17. The Morgan fingerprint density at radius 3 is 2.46 bits per heavy atom. The van der Waals surface area contributed by atoms with Crippen molar-refractivity contribution in [2.75, 3.05) is 14.1 Å². The Bertz CT molecular complexity index is 311. The minimum atomic E-state index is -0.171. The molecule has 0 bridgehead atoms. The summed E-state index contributed by atoms with van der Waals surface area (Å²) < 4.78 is 0. The summed E-state index contributed by atoms with van der Waals surface area (Å²) in [5.74, 6) is -0.130. The number of aromatic hydroxyl groups is 1. The number of phenols is 1. The number of amides is 1. The zero-order chi connectivity index (χ0) is 10.0. The molecule has 1 rings (SSSR count). The van der Waals surface area contributed by atoms with Crippen molar-refractivity contribution in [1.82, 2.24) is 4.90 Å². The van der Waals surface area contributed by atoms with Gasteiger partial charge in [-0.2, -0.15) is 0 Å². The lowest BCUT2D eigenvalue weighted by molar-refractivity contribution is 0.0824. The molecule has 3 heteroatoms. The van der Waals surface area contributed by atoms with Crippen LogP contribution in [-0.2, 0) is 0 Å². The molecule has 0 aliphatic rings. The van der Waals surface area contributed by atoms with Gasteiger partial charge in [0.1, 0.15) is 5.75 Å². The maximum absolute atomic E-state index is 11.6. The van der Waals surface area contributed by atoms with Crippen LogP contribution >= 0.6 is 0 Å². The molecule has 13 heavy (non-hydrogen) atoms. The molecule has 0 heterocycles. The summed E-state index contributed by atoms with van der Waals surface area (Å²) in [6.07, 6.45) is 0. The molecule has 0 unspecified atom stereocenters. The fourth-order valence-corrected chi connectivity index (χ4v) is 1.15. The number of nitrogens with zero attached hydrogens (tertiary/aromatic N) is 1. The second kappa shape index (κ2) is 3.47. The standard InChI is InChI=1S/C10H13NO2/c1-7-5-4-6-8(12)9(7)10(13)11(2)3/h4-6,12H,1-3H3. The van der Waals surface area contributed by atoms with Crippen LogP contribution in [-0.4, -0.2) is 30.0 Å². The van der Waals surface area contributed by atoms with Crippen molar-refractivity contribution in [3.05, 3.63) is 29.3 Å². The van der Waals surface area contributed by atoms with Crippen molar-refractivity contribution < 1.29 is 9.90 Å². The van der Waals surface area contributed by atoms with Crippen LogP contribution in [0.3, 0.4) is 0 Å². The molecule has 1 aromatic carbocycles. The SMILES string of the molecule is Cc1cccc(O)c1C(=O)N(C)C. The summed E-state index contributed by atoms with van der Waals surface area (Å²) in [5.41, 5.74) is 1.17. The van der Waals surface area contributed by atoms with Crippen LogP contribution in [0.25, 0.3) is 0 Å². The molecular weight excluding hydrogens is 166 g/mol. The largest absolute Gasteiger partial charge is 0.507 e. The normalized spacial score (nSPS) is 9.77. The number of carbonyl (C=O) groups is 1. The summed E-state index contributed by atoms with van der Waals surface area (Å²) in [6, 6.07) is 5.04. The maximum atomic E-state index is 11.6. The Labute approximate surface area is 77.6 Å². The van der Waals surface area contributed by atoms with Gasteiger partial charge in [0.05, 0.1) is 5.56 Å². The molecule has 0 aromatic heterocycles. The van der Waals surface area contributed by atoms with Gasteiger partial charge in [-0.1, -0.05) is 12.1 Å². The van der Waals surface area contributed by atoms with E-state index < -0.39 is 0 Å². The van der Waals surface area contributed by atoms with E-state index in [0.29, 0.717) is 5.56 Å². The first-order chi connectivity index (χ1) is 6.04. The average Bonchev–Trinajstić information content (AvgIpc) is 2.03. The van der Waals surface area contributed by atoms with Crippen molar-refractivity contribution in [3.63, 3.8) is 0 Å². The van der Waals surface area contributed by atoms with Crippen molar-refractivity contribution >= 4 is 5.91 Å². The van der Waals surface area contributed by atoms with E-state index in [4.69, 9.17) is 0 Å². The van der Waals surface area contributed by atoms with Crippen molar-refractivity contribution in [1.29, 1.82) is 0 Å². The molecule has 0 spiro atoms. The van der Waals surface area contributed by atoms with Gasteiger partial charge < -0.3 is 10.0 Å². The van der Waals surface area contributed by atoms with Gasteiger partial charge in [0.25, 0.3) is 5.91 Å². The Balaban J connectivity index is 3.20. The zero-order valence-corrected chi connectivity index (χ0v) is 8.03. The van der Waals surface area contributed by atoms with Crippen LogP contribution in [0.5, 0.6) is 5.75 Å². The fraction of sp³-hybridized carbons (Fsp3) is 0.300. The summed E-state index contributed by atoms with van der Waals surface area (Å²) in [6.45, 7) is 1.80. The summed E-state index contributed by atoms with van der Waals surface area (Å²) in [4.78, 5) is 13.0. The van der Waals surface area contributed by atoms with Gasteiger partial charge in [0, 0.05) is 14.1 Å². The van der Waals surface area contributed by atoms with Gasteiger partial charge >= 0.3 is 0 Å². The van der Waals surface area contributed by atoms with Gasteiger partial charge in [-0.05, 0) is 18.6 Å². The van der Waals surface area contributed by atoms with Crippen molar-refractivity contribution in [3.8, 4) is 5.75 Å². The molecular formula is C10H13NO2. The maximum Gasteiger partial charge on any atom is 0.257 e. The molecule has 0 atom stereocenters. The van der Waals surface area contributed by atoms with E-state index in [-0.39, 0.29) is 11.7 Å². The van der Waals surface area contributed by atoms with E-state index in [2.05, 4.69) is 0 Å². The highest BCUT2D eigenvalue weighted by molar-refractivity contribution is 5.97. The molecule has 1 aromatic rings. The van der Waals surface area contributed by atoms with Gasteiger partial charge in [-0.25, -0.2) is 0 Å². The van der Waals surface area contributed by atoms with Crippen molar-refractivity contribution in [2.45, 2.75) is 6.92 Å². The van der Waals surface area contributed by atoms with E-state index in [1.54, 1.807) is 33.2 Å². The first kappa shape index (κ1) is 9.58. The molecule has 1 amide bonds. The van der Waals surface area contributed by atoms with E-state index in [9.17, 15) is 9.90 Å². The third-order valence-corrected chi connectivity index (χ3v) is 1.87. The smallest absolute Gasteiger partial charge is 0.257 e. The molecule has 0 saturated heterocycles. The first-order valence-electron chi connectivity index (χ1n) is 4.04. The third-order valence-electron chi connectivity index (χ3n) is 1.87. The topological polar surface area (TPSA) is 40.5 Å². The Morgan fingerprint density at radius 2 is 2.00 bits per heavy atom. The number of carbonyl (C=O) groups excluding carboxylic acids is 1. The Kier molecular flexibility index (Phi) is 2.56. The molecule has 0 saturated carbocycles. The Hall–Kier alpha value is -1.51. The van der Waals surface area contributed by atoms with E-state index in [1.165, 1.54) is 11.0 Å². The van der Waals surface area contributed by atoms with Crippen molar-refractivity contribution in [2.24, 2.45) is 0 Å². The molecule has 0 aliphatic heterocycles. The highest BCUT2D eigenvalue weighted by Gasteiger charge is 2.14. The van der Waals surface area contributed by atoms with E-state index in [0.717, 1.165) is 5.56 Å². The van der Waals surface area contributed by atoms with Crippen LogP contribution in [0, 0.1) is 6.92 Å². The number of aryl methyl sites for hydroxylation is 1. The highest BCUT2D eigenvalue weighted by atomic mass is 16.3. The minimum absolute atomic E-state index is 0.0405. The monoisotopic (exact) mass is 179 g/mol. The summed E-state index contributed by atoms with van der Waals surface area (Å²) in [7, 11) is 3.32. The fourth-order valence-electron chi connectivity index (χ4n) is 1.15. The first-order valence-corrected chi connectivity index (χ1v) is 4.04. The summed E-state index contributed by atoms with van der Waals surface area (Å²) in [5, 5.41) is 9.46. The molecule has 3 nitrogen and oxygen atoms in total. The van der Waals surface area contributed by atoms with Crippen LogP contribution < -0.4 is 0 Å².